The minimum atomic E-state index is 0.314. The Morgan fingerprint density at radius 3 is 2.20 bits per heavy atom. The highest BCUT2D eigenvalue weighted by Crippen LogP contribution is 2.09. The van der Waals surface area contributed by atoms with Gasteiger partial charge in [-0.3, -0.25) is 14.6 Å². The van der Waals surface area contributed by atoms with Crippen molar-refractivity contribution in [1.82, 2.24) is 14.7 Å². The molecule has 0 spiro atoms. The molecule has 2 rings (SSSR count). The third-order valence-electron chi connectivity index (χ3n) is 4.14. The lowest BCUT2D eigenvalue weighted by atomic mass is 10.3. The highest BCUT2D eigenvalue weighted by molar-refractivity contribution is 5.78. The van der Waals surface area contributed by atoms with Gasteiger partial charge in [-0.05, 0) is 26.7 Å². The van der Waals surface area contributed by atoms with Crippen LogP contribution in [0.3, 0.4) is 0 Å². The van der Waals surface area contributed by atoms with Crippen LogP contribution in [-0.4, -0.2) is 85.7 Å². The average Bonchev–Trinajstić information content (AvgIpc) is 2.94. The summed E-state index contributed by atoms with van der Waals surface area (Å²) in [7, 11) is 0. The molecule has 0 saturated carbocycles. The molecule has 2 aliphatic heterocycles. The van der Waals surface area contributed by atoms with Crippen LogP contribution in [0.25, 0.3) is 0 Å². The second-order valence-corrected chi connectivity index (χ2v) is 6.13. The molecule has 2 fully saturated rings. The van der Waals surface area contributed by atoms with Gasteiger partial charge in [-0.15, -0.1) is 0 Å². The topological polar surface area (TPSA) is 36.0 Å². The van der Waals surface area contributed by atoms with E-state index < -0.39 is 0 Å². The lowest BCUT2D eigenvalue weighted by molar-refractivity contribution is -0.131. The van der Waals surface area contributed by atoms with Crippen molar-refractivity contribution >= 4 is 5.91 Å². The summed E-state index contributed by atoms with van der Waals surface area (Å²) in [6.07, 6.45) is 2.67. The maximum absolute atomic E-state index is 12.1. The number of ether oxygens (including phenoxy) is 1. The van der Waals surface area contributed by atoms with Crippen molar-refractivity contribution in [2.24, 2.45) is 0 Å². The van der Waals surface area contributed by atoms with E-state index in [1.165, 1.54) is 12.8 Å². The minimum Gasteiger partial charge on any atom is -0.377 e. The van der Waals surface area contributed by atoms with Crippen LogP contribution in [0.1, 0.15) is 26.7 Å². The number of likely N-dealkylation sites (tertiary alicyclic amines) is 1. The van der Waals surface area contributed by atoms with Crippen LogP contribution in [-0.2, 0) is 9.53 Å². The van der Waals surface area contributed by atoms with Crippen LogP contribution in [0, 0.1) is 0 Å². The standard InChI is InChI=1S/C15H29N3O2/c1-14(2)20-12-11-16-7-9-17(10-8-16)13-15(19)18-5-3-4-6-18/h14H,3-13H2,1-2H3. The largest absolute Gasteiger partial charge is 0.377 e. The van der Waals surface area contributed by atoms with Gasteiger partial charge >= 0.3 is 0 Å². The van der Waals surface area contributed by atoms with Crippen LogP contribution >= 0.6 is 0 Å². The van der Waals surface area contributed by atoms with Crippen molar-refractivity contribution in [2.45, 2.75) is 32.8 Å². The third kappa shape index (κ3) is 5.04. The van der Waals surface area contributed by atoms with E-state index in [0.29, 0.717) is 18.6 Å². The number of amides is 1. The van der Waals surface area contributed by atoms with E-state index in [4.69, 9.17) is 4.74 Å². The number of carbonyl (C=O) groups excluding carboxylic acids is 1. The summed E-state index contributed by atoms with van der Waals surface area (Å²) in [6, 6.07) is 0. The molecule has 0 aromatic carbocycles. The van der Waals surface area contributed by atoms with Crippen molar-refractivity contribution in [3.8, 4) is 0 Å². The summed E-state index contributed by atoms with van der Waals surface area (Å²) in [5.74, 6) is 0.319. The van der Waals surface area contributed by atoms with Gasteiger partial charge in [0, 0.05) is 45.8 Å². The fourth-order valence-electron chi connectivity index (χ4n) is 2.85. The van der Waals surface area contributed by atoms with Gasteiger partial charge in [0.1, 0.15) is 0 Å². The molecular weight excluding hydrogens is 254 g/mol. The van der Waals surface area contributed by atoms with Crippen LogP contribution in [0.4, 0.5) is 0 Å². The zero-order valence-electron chi connectivity index (χ0n) is 13.0. The van der Waals surface area contributed by atoms with Gasteiger partial charge in [-0.2, -0.15) is 0 Å². The highest BCUT2D eigenvalue weighted by atomic mass is 16.5. The summed E-state index contributed by atoms with van der Waals surface area (Å²) in [5, 5.41) is 0. The molecule has 2 heterocycles. The predicted octanol–water partition coefficient (Wildman–Crippen LogP) is 0.651. The second kappa shape index (κ2) is 7.96. The number of piperazine rings is 1. The van der Waals surface area contributed by atoms with Crippen molar-refractivity contribution < 1.29 is 9.53 Å². The molecule has 0 aromatic heterocycles. The Bertz CT molecular complexity index is 295. The lowest BCUT2D eigenvalue weighted by Gasteiger charge is -2.35. The number of hydrogen-bond acceptors (Lipinski definition) is 4. The van der Waals surface area contributed by atoms with Crippen molar-refractivity contribution in [1.29, 1.82) is 0 Å². The van der Waals surface area contributed by atoms with Crippen LogP contribution < -0.4 is 0 Å². The van der Waals surface area contributed by atoms with E-state index in [0.717, 1.165) is 52.4 Å². The monoisotopic (exact) mass is 283 g/mol. The Hall–Kier alpha value is -0.650. The first kappa shape index (κ1) is 15.7. The van der Waals surface area contributed by atoms with E-state index in [1.54, 1.807) is 0 Å². The van der Waals surface area contributed by atoms with E-state index in [-0.39, 0.29) is 0 Å². The number of hydrogen-bond donors (Lipinski definition) is 0. The molecular formula is C15H29N3O2. The molecule has 5 nitrogen and oxygen atoms in total. The Labute approximate surface area is 122 Å². The zero-order valence-corrected chi connectivity index (χ0v) is 13.0. The Morgan fingerprint density at radius 1 is 1.00 bits per heavy atom. The number of rotatable bonds is 6. The van der Waals surface area contributed by atoms with Gasteiger partial charge in [0.05, 0.1) is 19.3 Å². The summed E-state index contributed by atoms with van der Waals surface area (Å²) in [5.41, 5.74) is 0. The van der Waals surface area contributed by atoms with Crippen molar-refractivity contribution in [3.05, 3.63) is 0 Å². The molecule has 20 heavy (non-hydrogen) atoms. The Kier molecular flexibility index (Phi) is 6.26. The second-order valence-electron chi connectivity index (χ2n) is 6.13. The van der Waals surface area contributed by atoms with Gasteiger partial charge in [-0.1, -0.05) is 0 Å². The first-order valence-electron chi connectivity index (χ1n) is 7.99. The Morgan fingerprint density at radius 2 is 1.60 bits per heavy atom. The molecule has 0 aliphatic carbocycles. The van der Waals surface area contributed by atoms with E-state index in [1.807, 2.05) is 4.90 Å². The molecule has 0 unspecified atom stereocenters. The third-order valence-corrected chi connectivity index (χ3v) is 4.14. The maximum atomic E-state index is 12.1. The first-order valence-corrected chi connectivity index (χ1v) is 7.99. The molecule has 116 valence electrons. The minimum absolute atomic E-state index is 0.314. The molecule has 5 heteroatoms. The molecule has 0 aromatic rings. The van der Waals surface area contributed by atoms with Gasteiger partial charge in [0.25, 0.3) is 0 Å². The molecule has 0 N–H and O–H groups in total. The van der Waals surface area contributed by atoms with Crippen LogP contribution in [0.2, 0.25) is 0 Å². The molecule has 2 aliphatic rings. The fraction of sp³-hybridized carbons (Fsp3) is 0.933. The number of nitrogens with zero attached hydrogens (tertiary/aromatic N) is 3. The molecule has 2 saturated heterocycles. The summed E-state index contributed by atoms with van der Waals surface area (Å²) in [4.78, 5) is 18.8. The van der Waals surface area contributed by atoms with Gasteiger partial charge in [0.15, 0.2) is 0 Å². The van der Waals surface area contributed by atoms with Crippen LogP contribution in [0.5, 0.6) is 0 Å². The van der Waals surface area contributed by atoms with Gasteiger partial charge < -0.3 is 9.64 Å². The number of carbonyl (C=O) groups is 1. The van der Waals surface area contributed by atoms with Crippen LogP contribution in [0.15, 0.2) is 0 Å². The molecule has 0 bridgehead atoms. The normalized spacial score (nSPS) is 21.9. The average molecular weight is 283 g/mol. The van der Waals surface area contributed by atoms with Gasteiger partial charge in [0.2, 0.25) is 5.91 Å². The molecule has 0 atom stereocenters. The highest BCUT2D eigenvalue weighted by Gasteiger charge is 2.23. The predicted molar refractivity (Wildman–Crippen MR) is 79.8 cm³/mol. The summed E-state index contributed by atoms with van der Waals surface area (Å²) < 4.78 is 5.59. The molecule has 0 radical (unpaired) electrons. The quantitative estimate of drug-likeness (QED) is 0.717. The lowest BCUT2D eigenvalue weighted by Crippen LogP contribution is -2.50. The Balaban J connectivity index is 1.60. The van der Waals surface area contributed by atoms with E-state index in [9.17, 15) is 4.79 Å². The summed E-state index contributed by atoms with van der Waals surface area (Å²) >= 11 is 0. The van der Waals surface area contributed by atoms with Gasteiger partial charge in [-0.25, -0.2) is 0 Å². The van der Waals surface area contributed by atoms with E-state index >= 15 is 0 Å². The van der Waals surface area contributed by atoms with Crippen molar-refractivity contribution in [3.63, 3.8) is 0 Å². The maximum Gasteiger partial charge on any atom is 0.236 e. The van der Waals surface area contributed by atoms with Crippen molar-refractivity contribution in [2.75, 3.05) is 59.0 Å². The molecule has 1 amide bonds. The smallest absolute Gasteiger partial charge is 0.236 e. The fourth-order valence-corrected chi connectivity index (χ4v) is 2.85. The van der Waals surface area contributed by atoms with E-state index in [2.05, 4.69) is 23.6 Å². The SMILES string of the molecule is CC(C)OCCN1CCN(CC(=O)N2CCCC2)CC1. The first-order chi connectivity index (χ1) is 9.65. The zero-order chi connectivity index (χ0) is 14.4. The summed E-state index contributed by atoms with van der Waals surface area (Å²) in [6.45, 7) is 12.6.